The summed E-state index contributed by atoms with van der Waals surface area (Å²) in [5.74, 6) is 1.63. The van der Waals surface area contributed by atoms with Gasteiger partial charge in [0.25, 0.3) is 0 Å². The third kappa shape index (κ3) is 2.64. The Hall–Kier alpha value is -0.410. The Morgan fingerprint density at radius 1 is 1.56 bits per heavy atom. The van der Waals surface area contributed by atoms with Crippen molar-refractivity contribution in [2.24, 2.45) is 5.92 Å². The first-order valence-electron chi connectivity index (χ1n) is 6.39. The van der Waals surface area contributed by atoms with Crippen molar-refractivity contribution in [1.82, 2.24) is 10.3 Å². The van der Waals surface area contributed by atoms with Gasteiger partial charge in [-0.15, -0.1) is 11.3 Å². The molecule has 3 atom stereocenters. The molecule has 2 nitrogen and oxygen atoms in total. The number of hydrogen-bond acceptors (Lipinski definition) is 3. The lowest BCUT2D eigenvalue weighted by Gasteiger charge is -2.09. The van der Waals surface area contributed by atoms with Crippen LogP contribution in [0.5, 0.6) is 0 Å². The summed E-state index contributed by atoms with van der Waals surface area (Å²) < 4.78 is 0. The van der Waals surface area contributed by atoms with Crippen LogP contribution in [0.3, 0.4) is 0 Å². The molecule has 0 aliphatic heterocycles. The summed E-state index contributed by atoms with van der Waals surface area (Å²) in [4.78, 5) is 6.00. The zero-order chi connectivity index (χ0) is 11.5. The normalized spacial score (nSPS) is 27.2. The van der Waals surface area contributed by atoms with Crippen molar-refractivity contribution in [3.05, 3.63) is 16.1 Å². The Bertz CT molecular complexity index is 334. The van der Waals surface area contributed by atoms with Gasteiger partial charge in [0.1, 0.15) is 0 Å². The molecule has 3 heteroatoms. The molecule has 16 heavy (non-hydrogen) atoms. The van der Waals surface area contributed by atoms with Gasteiger partial charge in [0, 0.05) is 23.0 Å². The fraction of sp³-hybridized carbons (Fsp3) is 0.769. The quantitative estimate of drug-likeness (QED) is 0.865. The van der Waals surface area contributed by atoms with Gasteiger partial charge >= 0.3 is 0 Å². The van der Waals surface area contributed by atoms with Crippen LogP contribution in [0.1, 0.15) is 61.9 Å². The van der Waals surface area contributed by atoms with Crippen LogP contribution < -0.4 is 5.32 Å². The summed E-state index contributed by atoms with van der Waals surface area (Å²) in [6.07, 6.45) is 6.12. The number of nitrogens with zero attached hydrogens (tertiary/aromatic N) is 1. The van der Waals surface area contributed by atoms with Crippen LogP contribution in [-0.2, 0) is 0 Å². The number of nitrogens with one attached hydrogen (secondary N) is 1. The zero-order valence-electron chi connectivity index (χ0n) is 10.5. The molecule has 1 N–H and O–H groups in total. The van der Waals surface area contributed by atoms with Crippen molar-refractivity contribution in [3.8, 4) is 0 Å². The SMILES string of the molecule is CCNC(C)c1cnc(C2CCC(C)C2)s1. The molecule has 1 aliphatic rings. The van der Waals surface area contributed by atoms with Crippen molar-refractivity contribution >= 4 is 11.3 Å². The van der Waals surface area contributed by atoms with E-state index in [0.29, 0.717) is 6.04 Å². The van der Waals surface area contributed by atoms with Crippen LogP contribution >= 0.6 is 11.3 Å². The van der Waals surface area contributed by atoms with Gasteiger partial charge in [0.05, 0.1) is 5.01 Å². The highest BCUT2D eigenvalue weighted by molar-refractivity contribution is 7.11. The zero-order valence-corrected chi connectivity index (χ0v) is 11.3. The van der Waals surface area contributed by atoms with E-state index in [0.717, 1.165) is 18.4 Å². The Labute approximate surface area is 102 Å². The maximum atomic E-state index is 4.61. The molecule has 90 valence electrons. The first-order chi connectivity index (χ1) is 7.70. The summed E-state index contributed by atoms with van der Waals surface area (Å²) in [5.41, 5.74) is 0. The number of hydrogen-bond donors (Lipinski definition) is 1. The van der Waals surface area contributed by atoms with Gasteiger partial charge in [0.15, 0.2) is 0 Å². The molecule has 2 rings (SSSR count). The molecular formula is C13H22N2S. The topological polar surface area (TPSA) is 24.9 Å². The van der Waals surface area contributed by atoms with E-state index in [1.165, 1.54) is 29.1 Å². The second kappa shape index (κ2) is 5.28. The fourth-order valence-corrected chi connectivity index (χ4v) is 3.62. The van der Waals surface area contributed by atoms with Gasteiger partial charge in [-0.25, -0.2) is 4.98 Å². The molecule has 3 unspecified atom stereocenters. The summed E-state index contributed by atoms with van der Waals surface area (Å²) in [6.45, 7) is 7.75. The van der Waals surface area contributed by atoms with E-state index in [9.17, 15) is 0 Å². The van der Waals surface area contributed by atoms with Crippen LogP contribution in [0.2, 0.25) is 0 Å². The largest absolute Gasteiger partial charge is 0.310 e. The lowest BCUT2D eigenvalue weighted by atomic mass is 10.1. The van der Waals surface area contributed by atoms with Gasteiger partial charge in [-0.3, -0.25) is 0 Å². The van der Waals surface area contributed by atoms with Gasteiger partial charge in [0.2, 0.25) is 0 Å². The first-order valence-corrected chi connectivity index (χ1v) is 7.21. The van der Waals surface area contributed by atoms with Crippen LogP contribution in [-0.4, -0.2) is 11.5 Å². The Morgan fingerprint density at radius 2 is 2.38 bits per heavy atom. The van der Waals surface area contributed by atoms with E-state index < -0.39 is 0 Å². The van der Waals surface area contributed by atoms with E-state index in [4.69, 9.17) is 0 Å². The Kier molecular flexibility index (Phi) is 3.98. The van der Waals surface area contributed by atoms with Crippen molar-refractivity contribution in [2.45, 2.75) is 52.0 Å². The van der Waals surface area contributed by atoms with E-state index in [1.54, 1.807) is 0 Å². The smallest absolute Gasteiger partial charge is 0.0959 e. The maximum absolute atomic E-state index is 4.61. The molecule has 1 aromatic rings. The second-order valence-corrected chi connectivity index (χ2v) is 6.09. The van der Waals surface area contributed by atoms with E-state index in [2.05, 4.69) is 37.3 Å². The molecule has 1 fully saturated rings. The molecule has 0 amide bonds. The lowest BCUT2D eigenvalue weighted by molar-refractivity contribution is 0.595. The summed E-state index contributed by atoms with van der Waals surface area (Å²) >= 11 is 1.91. The van der Waals surface area contributed by atoms with E-state index >= 15 is 0 Å². The van der Waals surface area contributed by atoms with E-state index in [-0.39, 0.29) is 0 Å². The Balaban J connectivity index is 2.01. The molecule has 1 aromatic heterocycles. The third-order valence-corrected chi connectivity index (χ3v) is 4.87. The van der Waals surface area contributed by atoms with Gasteiger partial charge in [-0.05, 0) is 32.2 Å². The highest BCUT2D eigenvalue weighted by Crippen LogP contribution is 2.40. The summed E-state index contributed by atoms with van der Waals surface area (Å²) in [6, 6.07) is 0.454. The average molecular weight is 238 g/mol. The predicted molar refractivity (Wildman–Crippen MR) is 70.0 cm³/mol. The molecule has 1 heterocycles. The fourth-order valence-electron chi connectivity index (χ4n) is 2.53. The van der Waals surface area contributed by atoms with Crippen LogP contribution in [0.15, 0.2) is 6.20 Å². The molecule has 0 spiro atoms. The van der Waals surface area contributed by atoms with Crippen molar-refractivity contribution < 1.29 is 0 Å². The van der Waals surface area contributed by atoms with Crippen molar-refractivity contribution in [1.29, 1.82) is 0 Å². The summed E-state index contributed by atoms with van der Waals surface area (Å²) in [5, 5.41) is 4.81. The molecule has 0 bridgehead atoms. The molecule has 1 saturated carbocycles. The van der Waals surface area contributed by atoms with Gasteiger partial charge in [-0.2, -0.15) is 0 Å². The second-order valence-electron chi connectivity index (χ2n) is 5.00. The molecule has 0 radical (unpaired) electrons. The highest BCUT2D eigenvalue weighted by atomic mass is 32.1. The van der Waals surface area contributed by atoms with Crippen LogP contribution in [0, 0.1) is 5.92 Å². The first kappa shape index (κ1) is 12.1. The standard InChI is InChI=1S/C13H22N2S/c1-4-14-10(3)12-8-15-13(16-12)11-6-5-9(2)7-11/h8-11,14H,4-7H2,1-3H3. The molecular weight excluding hydrogens is 216 g/mol. The average Bonchev–Trinajstić information content (AvgIpc) is 2.85. The van der Waals surface area contributed by atoms with Crippen molar-refractivity contribution in [3.63, 3.8) is 0 Å². The minimum Gasteiger partial charge on any atom is -0.310 e. The molecule has 1 aliphatic carbocycles. The lowest BCUT2D eigenvalue weighted by Crippen LogP contribution is -2.16. The number of rotatable bonds is 4. The van der Waals surface area contributed by atoms with Crippen LogP contribution in [0.4, 0.5) is 0 Å². The van der Waals surface area contributed by atoms with Crippen molar-refractivity contribution in [2.75, 3.05) is 6.54 Å². The molecule has 0 aromatic carbocycles. The van der Waals surface area contributed by atoms with Gasteiger partial charge in [-0.1, -0.05) is 20.3 Å². The third-order valence-electron chi connectivity index (χ3n) is 3.52. The summed E-state index contributed by atoms with van der Waals surface area (Å²) in [7, 11) is 0. The Morgan fingerprint density at radius 3 is 3.00 bits per heavy atom. The van der Waals surface area contributed by atoms with Crippen LogP contribution in [0.25, 0.3) is 0 Å². The van der Waals surface area contributed by atoms with Gasteiger partial charge < -0.3 is 5.32 Å². The highest BCUT2D eigenvalue weighted by Gasteiger charge is 2.25. The number of thiazole rings is 1. The minimum absolute atomic E-state index is 0.454. The monoisotopic (exact) mass is 238 g/mol. The van der Waals surface area contributed by atoms with E-state index in [1.807, 2.05) is 11.3 Å². The minimum atomic E-state index is 0.454. The predicted octanol–water partition coefficient (Wildman–Crippen LogP) is 3.72. The molecule has 0 saturated heterocycles. The maximum Gasteiger partial charge on any atom is 0.0959 e. The number of aromatic nitrogens is 1.